The molecule has 0 amide bonds. The summed E-state index contributed by atoms with van der Waals surface area (Å²) in [4.78, 5) is 9.17. The lowest BCUT2D eigenvalue weighted by Gasteiger charge is -2.37. The Morgan fingerprint density at radius 3 is 2.67 bits per heavy atom. The zero-order valence-corrected chi connectivity index (χ0v) is 18.0. The summed E-state index contributed by atoms with van der Waals surface area (Å²) >= 11 is 0. The molecule has 3 aliphatic heterocycles. The van der Waals surface area contributed by atoms with E-state index >= 15 is 0 Å². The van der Waals surface area contributed by atoms with Crippen LogP contribution in [-0.4, -0.2) is 37.4 Å². The number of halogens is 1. The second kappa shape index (κ2) is 7.18. The summed E-state index contributed by atoms with van der Waals surface area (Å²) in [7, 11) is 0. The molecule has 0 aliphatic carbocycles. The Hall–Kier alpha value is -3.65. The van der Waals surface area contributed by atoms with E-state index in [1.807, 2.05) is 24.3 Å². The number of rotatable bonds is 4. The quantitative estimate of drug-likeness (QED) is 0.651. The molecule has 0 radical (unpaired) electrons. The van der Waals surface area contributed by atoms with Crippen molar-refractivity contribution in [2.45, 2.75) is 12.5 Å². The van der Waals surface area contributed by atoms with Gasteiger partial charge in [0, 0.05) is 28.3 Å². The molecule has 1 spiro atoms. The van der Waals surface area contributed by atoms with E-state index in [1.165, 1.54) is 6.07 Å². The maximum absolute atomic E-state index is 14.5. The zero-order chi connectivity index (χ0) is 22.6. The Kier molecular flexibility index (Phi) is 4.35. The van der Waals surface area contributed by atoms with Gasteiger partial charge in [-0.1, -0.05) is 25.1 Å². The van der Waals surface area contributed by atoms with Crippen molar-refractivity contribution in [1.29, 1.82) is 0 Å². The fourth-order valence-electron chi connectivity index (χ4n) is 4.43. The van der Waals surface area contributed by atoms with Gasteiger partial charge in [0.2, 0.25) is 5.88 Å². The average Bonchev–Trinajstić information content (AvgIpc) is 3.19. The highest BCUT2D eigenvalue weighted by atomic mass is 19.1. The number of aromatic nitrogens is 1. The molecule has 8 heteroatoms. The molecule has 0 bridgehead atoms. The summed E-state index contributed by atoms with van der Waals surface area (Å²) in [6, 6.07) is 14.1. The van der Waals surface area contributed by atoms with Crippen LogP contribution in [0.1, 0.15) is 18.1 Å². The highest BCUT2D eigenvalue weighted by Gasteiger charge is 2.48. The third-order valence-electron chi connectivity index (χ3n) is 6.30. The van der Waals surface area contributed by atoms with Crippen LogP contribution in [0.2, 0.25) is 0 Å². The summed E-state index contributed by atoms with van der Waals surface area (Å²) in [5.41, 5.74) is 7.49. The SMILES string of the molecule is CC1(COc2ccc3c(c2)[C@]2(COC(N)=N2)c2cc(-c4ccccc4F)cnc2O3)COC1. The van der Waals surface area contributed by atoms with Gasteiger partial charge >= 0.3 is 0 Å². The molecule has 4 heterocycles. The van der Waals surface area contributed by atoms with Crippen molar-refractivity contribution in [3.8, 4) is 28.5 Å². The van der Waals surface area contributed by atoms with Crippen LogP contribution >= 0.6 is 0 Å². The molecule has 3 aliphatic rings. The number of nitrogens with zero attached hydrogens (tertiary/aromatic N) is 2. The first kappa shape index (κ1) is 20.0. The summed E-state index contributed by atoms with van der Waals surface area (Å²) in [6.07, 6.45) is 1.59. The standard InChI is InChI=1S/C25H22FN3O4/c1-24(11-30-12-24)13-31-16-6-7-21-18(9-16)25(14-32-23(27)29-25)19-8-15(10-28-22(19)33-21)17-4-2-3-5-20(17)26/h2-10H,11-14H2,1H3,(H2,27,29)/t25-/m1/s1. The molecule has 1 aromatic heterocycles. The van der Waals surface area contributed by atoms with Crippen molar-refractivity contribution in [3.05, 3.63) is 71.7 Å². The monoisotopic (exact) mass is 447 g/mol. The van der Waals surface area contributed by atoms with Gasteiger partial charge in [-0.2, -0.15) is 0 Å². The van der Waals surface area contributed by atoms with Gasteiger partial charge in [0.15, 0.2) is 5.54 Å². The van der Waals surface area contributed by atoms with E-state index in [1.54, 1.807) is 24.4 Å². The van der Waals surface area contributed by atoms with Gasteiger partial charge in [0.1, 0.15) is 23.9 Å². The second-order valence-corrected chi connectivity index (χ2v) is 9.01. The van der Waals surface area contributed by atoms with Gasteiger partial charge in [-0.3, -0.25) is 0 Å². The van der Waals surface area contributed by atoms with Crippen molar-refractivity contribution in [1.82, 2.24) is 4.98 Å². The van der Waals surface area contributed by atoms with Gasteiger partial charge in [0.05, 0.1) is 25.4 Å². The summed E-state index contributed by atoms with van der Waals surface area (Å²) in [5.74, 6) is 1.34. The lowest BCUT2D eigenvalue weighted by molar-refractivity contribution is -0.120. The highest BCUT2D eigenvalue weighted by molar-refractivity contribution is 5.77. The smallest absolute Gasteiger partial charge is 0.283 e. The molecule has 7 nitrogen and oxygen atoms in total. The molecular weight excluding hydrogens is 425 g/mol. The summed E-state index contributed by atoms with van der Waals surface area (Å²) in [6.45, 7) is 4.20. The molecule has 6 rings (SSSR count). The first-order chi connectivity index (χ1) is 16.0. The lowest BCUT2D eigenvalue weighted by Crippen LogP contribution is -2.44. The minimum Gasteiger partial charge on any atom is -0.493 e. The van der Waals surface area contributed by atoms with E-state index < -0.39 is 5.54 Å². The molecule has 1 fully saturated rings. The van der Waals surface area contributed by atoms with E-state index in [-0.39, 0.29) is 23.9 Å². The molecule has 0 unspecified atom stereocenters. The molecule has 3 aromatic rings. The van der Waals surface area contributed by atoms with Gasteiger partial charge < -0.3 is 24.7 Å². The van der Waals surface area contributed by atoms with Crippen LogP contribution < -0.4 is 15.2 Å². The molecule has 2 aromatic carbocycles. The molecule has 168 valence electrons. The van der Waals surface area contributed by atoms with Gasteiger partial charge in [0.25, 0.3) is 6.02 Å². The Morgan fingerprint density at radius 2 is 1.94 bits per heavy atom. The number of benzene rings is 2. The Morgan fingerprint density at radius 1 is 1.09 bits per heavy atom. The second-order valence-electron chi connectivity index (χ2n) is 9.01. The molecule has 33 heavy (non-hydrogen) atoms. The summed E-state index contributed by atoms with van der Waals surface area (Å²) in [5, 5.41) is 0. The Bertz CT molecular complexity index is 1290. The van der Waals surface area contributed by atoms with Crippen LogP contribution in [0.25, 0.3) is 11.1 Å². The van der Waals surface area contributed by atoms with E-state index in [0.717, 1.165) is 5.56 Å². The zero-order valence-electron chi connectivity index (χ0n) is 18.0. The number of nitrogens with two attached hydrogens (primary N) is 1. The topological polar surface area (TPSA) is 88.2 Å². The van der Waals surface area contributed by atoms with E-state index in [9.17, 15) is 4.39 Å². The van der Waals surface area contributed by atoms with Crippen LogP contribution in [0.3, 0.4) is 0 Å². The van der Waals surface area contributed by atoms with Crippen molar-refractivity contribution in [3.63, 3.8) is 0 Å². The highest BCUT2D eigenvalue weighted by Crippen LogP contribution is 2.51. The van der Waals surface area contributed by atoms with Gasteiger partial charge in [-0.05, 0) is 30.3 Å². The average molecular weight is 447 g/mol. The number of hydrogen-bond acceptors (Lipinski definition) is 7. The van der Waals surface area contributed by atoms with Crippen molar-refractivity contribution in [2.24, 2.45) is 16.1 Å². The van der Waals surface area contributed by atoms with Crippen LogP contribution in [-0.2, 0) is 15.0 Å². The lowest BCUT2D eigenvalue weighted by atomic mass is 9.81. The first-order valence-electron chi connectivity index (χ1n) is 10.7. The molecule has 2 N–H and O–H groups in total. The normalized spacial score (nSPS) is 21.8. The number of aliphatic imine (C=N–C) groups is 1. The van der Waals surface area contributed by atoms with Crippen LogP contribution in [0, 0.1) is 11.2 Å². The fourth-order valence-corrected chi connectivity index (χ4v) is 4.43. The van der Waals surface area contributed by atoms with E-state index in [0.29, 0.717) is 53.9 Å². The molecule has 0 saturated carbocycles. The largest absolute Gasteiger partial charge is 0.493 e. The Balaban J connectivity index is 1.44. The fraction of sp³-hybridized carbons (Fsp3) is 0.280. The predicted molar refractivity (Wildman–Crippen MR) is 119 cm³/mol. The number of ether oxygens (including phenoxy) is 4. The van der Waals surface area contributed by atoms with Crippen LogP contribution in [0.15, 0.2) is 59.7 Å². The molecule has 1 saturated heterocycles. The third kappa shape index (κ3) is 3.21. The number of fused-ring (bicyclic) bond motifs is 4. The van der Waals surface area contributed by atoms with E-state index in [2.05, 4.69) is 16.9 Å². The first-order valence-corrected chi connectivity index (χ1v) is 10.7. The van der Waals surface area contributed by atoms with Crippen LogP contribution in [0.5, 0.6) is 17.4 Å². The van der Waals surface area contributed by atoms with Crippen LogP contribution in [0.4, 0.5) is 4.39 Å². The predicted octanol–water partition coefficient (Wildman–Crippen LogP) is 4.00. The van der Waals surface area contributed by atoms with Crippen molar-refractivity contribution in [2.75, 3.05) is 26.4 Å². The number of pyridine rings is 1. The van der Waals surface area contributed by atoms with Gasteiger partial charge in [-0.25, -0.2) is 14.4 Å². The van der Waals surface area contributed by atoms with Crippen molar-refractivity contribution >= 4 is 6.02 Å². The maximum atomic E-state index is 14.5. The minimum absolute atomic E-state index is 0.00825. The van der Waals surface area contributed by atoms with Crippen molar-refractivity contribution < 1.29 is 23.3 Å². The maximum Gasteiger partial charge on any atom is 0.283 e. The van der Waals surface area contributed by atoms with Gasteiger partial charge in [-0.15, -0.1) is 0 Å². The number of hydrogen-bond donors (Lipinski definition) is 1. The summed E-state index contributed by atoms with van der Waals surface area (Å²) < 4.78 is 37.6. The minimum atomic E-state index is -0.968. The Labute approximate surface area is 190 Å². The molecular formula is C25H22FN3O4. The third-order valence-corrected chi connectivity index (χ3v) is 6.30. The van der Waals surface area contributed by atoms with E-state index in [4.69, 9.17) is 24.7 Å². The number of amidine groups is 1. The molecule has 1 atom stereocenters.